The lowest BCUT2D eigenvalue weighted by Gasteiger charge is -2.24. The molecule has 0 aromatic heterocycles. The number of hydrogen-bond acceptors (Lipinski definition) is 0. The fourth-order valence-electron chi connectivity index (χ4n) is 8.46. The fraction of sp³-hybridized carbons (Fsp3) is 0.143. The van der Waals surface area contributed by atoms with E-state index in [1.807, 2.05) is 0 Å². The Labute approximate surface area is 290 Å². The second-order valence-corrected chi connectivity index (χ2v) is 14.9. The molecule has 0 spiro atoms. The topological polar surface area (TPSA) is 0 Å². The molecule has 0 heterocycles. The van der Waals surface area contributed by atoms with Crippen LogP contribution in [0.5, 0.6) is 0 Å². The van der Waals surface area contributed by atoms with E-state index in [4.69, 9.17) is 0 Å². The minimum Gasteiger partial charge on any atom is -0.0622 e. The fourth-order valence-corrected chi connectivity index (χ4v) is 8.46. The van der Waals surface area contributed by atoms with Gasteiger partial charge in [-0.3, -0.25) is 0 Å². The molecular formula is C49H38. The lowest BCUT2D eigenvalue weighted by molar-refractivity contribution is 0.652. The number of benzene rings is 7. The Balaban J connectivity index is 1.22. The van der Waals surface area contributed by atoms with E-state index in [9.17, 15) is 0 Å². The molecule has 0 aliphatic heterocycles. The monoisotopic (exact) mass is 626 g/mol. The molecule has 2 aliphatic carbocycles. The quantitative estimate of drug-likeness (QED) is 0.168. The van der Waals surface area contributed by atoms with Crippen molar-refractivity contribution in [3.05, 3.63) is 178 Å². The van der Waals surface area contributed by atoms with Crippen LogP contribution in [0.1, 0.15) is 66.6 Å². The molecule has 0 saturated heterocycles. The molecule has 2 aliphatic rings. The first-order valence-electron chi connectivity index (χ1n) is 17.4. The van der Waals surface area contributed by atoms with Gasteiger partial charge in [-0.15, -0.1) is 0 Å². The maximum atomic E-state index is 3.68. The van der Waals surface area contributed by atoms with Crippen LogP contribution in [0.2, 0.25) is 0 Å². The van der Waals surface area contributed by atoms with Crippen molar-refractivity contribution in [3.8, 4) is 56.3 Å². The first kappa shape index (κ1) is 29.5. The molecule has 0 radical (unpaired) electrons. The second kappa shape index (κ2) is 10.7. The third-order valence-electron chi connectivity index (χ3n) is 11.1. The molecule has 0 atom stereocenters. The van der Waals surface area contributed by atoms with Crippen molar-refractivity contribution in [1.82, 2.24) is 0 Å². The molecule has 0 bridgehead atoms. The first-order chi connectivity index (χ1) is 23.7. The van der Waals surface area contributed by atoms with E-state index in [0.29, 0.717) is 0 Å². The van der Waals surface area contributed by atoms with Crippen LogP contribution in [0.3, 0.4) is 0 Å². The van der Waals surface area contributed by atoms with Gasteiger partial charge in [0.1, 0.15) is 0 Å². The summed E-state index contributed by atoms with van der Waals surface area (Å²) in [5, 5.41) is 2.49. The van der Waals surface area contributed by atoms with Crippen LogP contribution >= 0.6 is 0 Å². The maximum Gasteiger partial charge on any atom is 0.0331 e. The molecule has 0 amide bonds. The first-order valence-corrected chi connectivity index (χ1v) is 17.4. The summed E-state index contributed by atoms with van der Waals surface area (Å²) in [6.07, 6.45) is 0. The summed E-state index contributed by atoms with van der Waals surface area (Å²) in [5.41, 5.74) is 19.1. The van der Waals surface area contributed by atoms with Gasteiger partial charge in [0.25, 0.3) is 0 Å². The van der Waals surface area contributed by atoms with Crippen LogP contribution < -0.4 is 0 Å². The Morgan fingerprint density at radius 1 is 0.408 bits per heavy atom. The summed E-state index contributed by atoms with van der Waals surface area (Å²) < 4.78 is 0. The third-order valence-corrected chi connectivity index (χ3v) is 11.1. The Morgan fingerprint density at radius 2 is 0.959 bits per heavy atom. The average molecular weight is 627 g/mol. The highest BCUT2D eigenvalue weighted by atomic mass is 14.4. The number of hydrogen-bond donors (Lipinski definition) is 0. The lowest BCUT2D eigenvalue weighted by atomic mass is 9.79. The van der Waals surface area contributed by atoms with Crippen molar-refractivity contribution in [3.63, 3.8) is 0 Å². The summed E-state index contributed by atoms with van der Waals surface area (Å²) in [6.45, 7) is 11.8. The Morgan fingerprint density at radius 3 is 1.63 bits per heavy atom. The zero-order valence-corrected chi connectivity index (χ0v) is 28.8. The number of fused-ring (bicyclic) bond motifs is 8. The minimum absolute atomic E-state index is 0.0489. The van der Waals surface area contributed by atoms with Gasteiger partial charge in [-0.1, -0.05) is 148 Å². The Kier molecular flexibility index (Phi) is 6.43. The average Bonchev–Trinajstić information content (AvgIpc) is 3.48. The molecule has 0 N–H and O–H groups in total. The Hall–Kier alpha value is -5.64. The summed E-state index contributed by atoms with van der Waals surface area (Å²) in [5.74, 6) is 7.31. The molecular weight excluding hydrogens is 589 g/mol. The van der Waals surface area contributed by atoms with Gasteiger partial charge in [0.2, 0.25) is 0 Å². The van der Waals surface area contributed by atoms with Gasteiger partial charge in [-0.05, 0) is 121 Å². The highest BCUT2D eigenvalue weighted by Gasteiger charge is 2.42. The van der Waals surface area contributed by atoms with Gasteiger partial charge >= 0.3 is 0 Å². The summed E-state index contributed by atoms with van der Waals surface area (Å²) in [7, 11) is 0. The lowest BCUT2D eigenvalue weighted by Crippen LogP contribution is -2.17. The second-order valence-electron chi connectivity index (χ2n) is 14.9. The highest BCUT2D eigenvalue weighted by Crippen LogP contribution is 2.57. The van der Waals surface area contributed by atoms with E-state index >= 15 is 0 Å². The molecule has 49 heavy (non-hydrogen) atoms. The molecule has 0 nitrogen and oxygen atoms in total. The predicted molar refractivity (Wildman–Crippen MR) is 207 cm³/mol. The SMILES string of the molecule is Cc1ccc2c(c1)C(C)(C)c1cc3c(cc1-2)C(C)(C)c1cc(C#Cc2cc(-c4ccccc4)cc(-c4ccccc4)c2)c2ccccc2c1-3. The zero-order chi connectivity index (χ0) is 33.5. The van der Waals surface area contributed by atoms with Crippen molar-refractivity contribution in [2.45, 2.75) is 45.4 Å². The standard InChI is InChI=1S/C49H38/c1-31-20-23-39-41-29-45-42(30-44(41)48(2,3)43(39)24-31)47-40-19-13-12-18-38(40)35(28-46(47)49(45,4)5)22-21-32-25-36(33-14-8-6-9-15-33)27-37(26-32)34-16-10-7-11-17-34/h6-20,23-30H,1-5H3. The van der Waals surface area contributed by atoms with Gasteiger partial charge in [-0.2, -0.15) is 0 Å². The van der Waals surface area contributed by atoms with Gasteiger partial charge in [0, 0.05) is 22.0 Å². The van der Waals surface area contributed by atoms with Crippen LogP contribution in [0.25, 0.3) is 55.3 Å². The van der Waals surface area contributed by atoms with E-state index in [-0.39, 0.29) is 10.8 Å². The van der Waals surface area contributed by atoms with Crippen molar-refractivity contribution in [2.75, 3.05) is 0 Å². The van der Waals surface area contributed by atoms with E-state index in [0.717, 1.165) is 11.1 Å². The third kappa shape index (κ3) is 4.53. The molecule has 7 aromatic carbocycles. The van der Waals surface area contributed by atoms with Crippen LogP contribution in [0.4, 0.5) is 0 Å². The van der Waals surface area contributed by atoms with Crippen molar-refractivity contribution in [1.29, 1.82) is 0 Å². The minimum atomic E-state index is -0.161. The van der Waals surface area contributed by atoms with Crippen molar-refractivity contribution < 1.29 is 0 Å². The van der Waals surface area contributed by atoms with Gasteiger partial charge in [0.05, 0.1) is 0 Å². The largest absolute Gasteiger partial charge is 0.0622 e. The molecule has 0 saturated carbocycles. The normalized spacial score (nSPS) is 14.4. The van der Waals surface area contributed by atoms with Gasteiger partial charge in [0.15, 0.2) is 0 Å². The Bertz CT molecular complexity index is 2470. The number of aryl methyl sites for hydroxylation is 1. The van der Waals surface area contributed by atoms with Crippen LogP contribution in [-0.4, -0.2) is 0 Å². The molecule has 9 rings (SSSR count). The number of rotatable bonds is 2. The summed E-state index contributed by atoms with van der Waals surface area (Å²) >= 11 is 0. The van der Waals surface area contributed by atoms with Crippen molar-refractivity contribution in [2.24, 2.45) is 0 Å². The molecule has 0 fully saturated rings. The smallest absolute Gasteiger partial charge is 0.0331 e. The molecule has 0 unspecified atom stereocenters. The summed E-state index contributed by atoms with van der Waals surface area (Å²) in [6, 6.07) is 51.2. The van der Waals surface area contributed by atoms with Gasteiger partial charge < -0.3 is 0 Å². The van der Waals surface area contributed by atoms with Crippen LogP contribution in [-0.2, 0) is 10.8 Å². The molecule has 234 valence electrons. The van der Waals surface area contributed by atoms with E-state index in [1.165, 1.54) is 83.1 Å². The van der Waals surface area contributed by atoms with E-state index < -0.39 is 0 Å². The summed E-state index contributed by atoms with van der Waals surface area (Å²) in [4.78, 5) is 0. The van der Waals surface area contributed by atoms with E-state index in [2.05, 4.69) is 186 Å². The van der Waals surface area contributed by atoms with E-state index in [1.54, 1.807) is 0 Å². The van der Waals surface area contributed by atoms with Crippen molar-refractivity contribution >= 4 is 10.8 Å². The van der Waals surface area contributed by atoms with Crippen LogP contribution in [0.15, 0.2) is 140 Å². The van der Waals surface area contributed by atoms with Gasteiger partial charge in [-0.25, -0.2) is 0 Å². The molecule has 0 heteroatoms. The highest BCUT2D eigenvalue weighted by molar-refractivity contribution is 6.06. The predicted octanol–water partition coefficient (Wildman–Crippen LogP) is 12.5. The molecule has 7 aromatic rings. The maximum absolute atomic E-state index is 3.68. The van der Waals surface area contributed by atoms with Crippen LogP contribution in [0, 0.1) is 18.8 Å². The zero-order valence-electron chi connectivity index (χ0n) is 28.8.